The number of fused-ring (bicyclic) bond motifs is 3. The summed E-state index contributed by atoms with van der Waals surface area (Å²) in [6, 6.07) is 25.9. The Balaban J connectivity index is 0.00000179. The number of nitrogens with zero attached hydrogens (tertiary/aromatic N) is 8. The Kier molecular flexibility index (Phi) is 8.54. The van der Waals surface area contributed by atoms with Gasteiger partial charge in [-0.05, 0) is 77.8 Å². The molecule has 0 N–H and O–H groups in total. The number of rotatable bonds is 5. The van der Waals surface area contributed by atoms with Crippen LogP contribution in [-0.4, -0.2) is 47.8 Å². The van der Waals surface area contributed by atoms with E-state index in [4.69, 9.17) is 0 Å². The second kappa shape index (κ2) is 12.3. The van der Waals surface area contributed by atoms with Gasteiger partial charge in [-0.1, -0.05) is 5.92 Å². The number of hydrogen-bond donors (Lipinski definition) is 0. The molecular formula is C35H30N8Pd2-8. The van der Waals surface area contributed by atoms with Gasteiger partial charge in [0.15, 0.2) is 0 Å². The molecular weight excluding hydrogens is 745 g/mol. The predicted octanol–water partition coefficient (Wildman–Crippen LogP) is 5.41. The predicted molar refractivity (Wildman–Crippen MR) is 169 cm³/mol. The molecule has 0 saturated carbocycles. The van der Waals surface area contributed by atoms with Crippen LogP contribution >= 0.6 is 0 Å². The molecule has 10 heteroatoms. The van der Waals surface area contributed by atoms with Crippen molar-refractivity contribution in [1.82, 2.24) is 19.6 Å². The van der Waals surface area contributed by atoms with Crippen molar-refractivity contribution in [2.45, 2.75) is 5.92 Å². The molecule has 238 valence electrons. The topological polar surface area (TPSA) is 25.9 Å². The largest absolute Gasteiger partial charge is 0.520 e. The van der Waals surface area contributed by atoms with Crippen molar-refractivity contribution < 1.29 is 40.8 Å². The number of benzene rings is 3. The van der Waals surface area contributed by atoms with Crippen LogP contribution in [0.2, 0.25) is 0 Å². The molecule has 3 aromatic rings. The van der Waals surface area contributed by atoms with Crippen molar-refractivity contribution in [3.63, 3.8) is 0 Å². The van der Waals surface area contributed by atoms with E-state index >= 15 is 0 Å². The van der Waals surface area contributed by atoms with E-state index in [2.05, 4.69) is 126 Å². The van der Waals surface area contributed by atoms with E-state index in [0.29, 0.717) is 0 Å². The van der Waals surface area contributed by atoms with Crippen molar-refractivity contribution in [2.75, 3.05) is 47.8 Å². The van der Waals surface area contributed by atoms with Crippen LogP contribution < -0.4 is 19.6 Å². The SMILES string of the molecule is CN1C=CN(c2[c-]c3c(cc2)-c2ccc(N4C=CN(C)[CH-]4)[c-]c2C3c2[c-]c(N3C=CN(C)[CH-]3)cc(N3C=CN(C)[CH-]3)[c-]2)[CH-]1.[Pd].[Pd]. The van der Waals surface area contributed by atoms with Gasteiger partial charge in [-0.15, -0.1) is 11.4 Å². The van der Waals surface area contributed by atoms with Crippen LogP contribution in [0.1, 0.15) is 22.6 Å². The molecule has 0 fully saturated rings. The van der Waals surface area contributed by atoms with Crippen LogP contribution in [0, 0.1) is 50.9 Å². The number of hydrogen-bond acceptors (Lipinski definition) is 8. The molecule has 0 aromatic heterocycles. The summed E-state index contributed by atoms with van der Waals surface area (Å²) in [6.07, 6.45) is 16.4. The Morgan fingerprint density at radius 2 is 0.822 bits per heavy atom. The Labute approximate surface area is 294 Å². The first-order valence-corrected chi connectivity index (χ1v) is 14.2. The monoisotopic (exact) mass is 774 g/mol. The molecule has 4 heterocycles. The molecule has 0 atom stereocenters. The van der Waals surface area contributed by atoms with E-state index in [1.54, 1.807) is 0 Å². The third kappa shape index (κ3) is 5.66. The molecule has 5 aliphatic rings. The van der Waals surface area contributed by atoms with Crippen LogP contribution in [-0.2, 0) is 40.8 Å². The average Bonchev–Trinajstić information content (AvgIpc) is 3.84. The van der Waals surface area contributed by atoms with Crippen molar-refractivity contribution in [2.24, 2.45) is 0 Å². The van der Waals surface area contributed by atoms with Crippen LogP contribution in [0.3, 0.4) is 0 Å². The maximum Gasteiger partial charge on any atom is 0 e. The molecule has 0 unspecified atom stereocenters. The van der Waals surface area contributed by atoms with E-state index in [1.807, 2.05) is 72.6 Å². The molecule has 45 heavy (non-hydrogen) atoms. The second-order valence-electron chi connectivity index (χ2n) is 11.3. The van der Waals surface area contributed by atoms with Crippen molar-refractivity contribution in [3.8, 4) is 11.1 Å². The molecule has 0 bridgehead atoms. The Bertz CT molecular complexity index is 1600. The molecule has 1 aliphatic carbocycles. The minimum atomic E-state index is -0.161. The van der Waals surface area contributed by atoms with Gasteiger partial charge in [0.2, 0.25) is 0 Å². The van der Waals surface area contributed by atoms with Gasteiger partial charge in [0.1, 0.15) is 0 Å². The summed E-state index contributed by atoms with van der Waals surface area (Å²) in [5.41, 5.74) is 9.32. The first-order valence-electron chi connectivity index (χ1n) is 14.2. The average molecular weight is 776 g/mol. The fourth-order valence-corrected chi connectivity index (χ4v) is 5.96. The van der Waals surface area contributed by atoms with Crippen molar-refractivity contribution in [3.05, 3.63) is 148 Å². The van der Waals surface area contributed by atoms with Crippen LogP contribution in [0.4, 0.5) is 22.7 Å². The number of anilines is 4. The first kappa shape index (κ1) is 31.3. The normalized spacial score (nSPS) is 18.0. The third-order valence-electron chi connectivity index (χ3n) is 8.07. The van der Waals surface area contributed by atoms with E-state index < -0.39 is 0 Å². The van der Waals surface area contributed by atoms with Crippen LogP contribution in [0.15, 0.2) is 79.9 Å². The maximum absolute atomic E-state index is 3.80. The smallest absolute Gasteiger partial charge is 0 e. The molecule has 0 saturated heterocycles. The minimum absolute atomic E-state index is 0. The summed E-state index contributed by atoms with van der Waals surface area (Å²) in [4.78, 5) is 16.5. The van der Waals surface area contributed by atoms with Gasteiger partial charge < -0.3 is 51.3 Å². The summed E-state index contributed by atoms with van der Waals surface area (Å²) in [6.45, 7) is 8.22. The zero-order valence-corrected chi connectivity index (χ0v) is 28.2. The summed E-state index contributed by atoms with van der Waals surface area (Å²) >= 11 is 0. The van der Waals surface area contributed by atoms with Gasteiger partial charge >= 0.3 is 0 Å². The van der Waals surface area contributed by atoms with Gasteiger partial charge in [-0.3, -0.25) is 5.56 Å². The Morgan fingerprint density at radius 3 is 1.16 bits per heavy atom. The molecule has 3 aromatic carbocycles. The zero-order chi connectivity index (χ0) is 29.2. The summed E-state index contributed by atoms with van der Waals surface area (Å²) in [5.74, 6) is -0.161. The molecule has 0 radical (unpaired) electrons. The van der Waals surface area contributed by atoms with E-state index in [9.17, 15) is 0 Å². The zero-order valence-electron chi connectivity index (χ0n) is 25.1. The Morgan fingerprint density at radius 1 is 0.467 bits per heavy atom. The third-order valence-corrected chi connectivity index (χ3v) is 8.07. The van der Waals surface area contributed by atoms with Crippen molar-refractivity contribution >= 4 is 22.7 Å². The first-order chi connectivity index (χ1) is 20.9. The maximum atomic E-state index is 3.80. The van der Waals surface area contributed by atoms with Gasteiger partial charge in [-0.2, -0.15) is 85.3 Å². The van der Waals surface area contributed by atoms with Crippen LogP contribution in [0.5, 0.6) is 0 Å². The standard InChI is InChI=1S/C35H30N8.2Pd/c1-36-9-13-40(22-36)27-5-7-31-32-8-6-28(41-14-10-37(2)23-41)21-34(32)35(33(31)20-27)26-17-29(42-15-11-38(3)24-42)19-30(18-26)43-16-12-39(4)25-43;;/h5-16,19,22-25,35H,1-4H3;;/q-8;;. The minimum Gasteiger partial charge on any atom is -0.520 e. The van der Waals surface area contributed by atoms with Gasteiger partial charge in [0, 0.05) is 40.8 Å². The van der Waals surface area contributed by atoms with Gasteiger partial charge in [0.05, 0.1) is 0 Å². The van der Waals surface area contributed by atoms with Gasteiger partial charge in [0.25, 0.3) is 0 Å². The summed E-state index contributed by atoms with van der Waals surface area (Å²) in [7, 11) is 8.11. The quantitative estimate of drug-likeness (QED) is 0.197. The molecule has 0 spiro atoms. The van der Waals surface area contributed by atoms with E-state index in [1.165, 1.54) is 0 Å². The Hall–Kier alpha value is -3.66. The molecule has 8 rings (SSSR count). The van der Waals surface area contributed by atoms with Gasteiger partial charge in [-0.25, -0.2) is 17.4 Å². The fraction of sp³-hybridized carbons (Fsp3) is 0.143. The summed E-state index contributed by atoms with van der Waals surface area (Å²) in [5, 5.41) is 0. The van der Waals surface area contributed by atoms with E-state index in [0.717, 1.165) is 50.6 Å². The summed E-state index contributed by atoms with van der Waals surface area (Å²) < 4.78 is 0. The van der Waals surface area contributed by atoms with Crippen LogP contribution in [0.25, 0.3) is 11.1 Å². The molecule has 8 nitrogen and oxygen atoms in total. The fourth-order valence-electron chi connectivity index (χ4n) is 5.96. The second-order valence-corrected chi connectivity index (χ2v) is 11.3. The van der Waals surface area contributed by atoms with Crippen molar-refractivity contribution in [1.29, 1.82) is 0 Å². The van der Waals surface area contributed by atoms with E-state index in [-0.39, 0.29) is 46.8 Å². The molecule has 4 aliphatic heterocycles. The molecule has 0 amide bonds.